The van der Waals surface area contributed by atoms with Crippen molar-refractivity contribution in [1.82, 2.24) is 10.3 Å². The van der Waals surface area contributed by atoms with Crippen LogP contribution in [0.5, 0.6) is 0 Å². The minimum absolute atomic E-state index is 0.102. The molecular formula is C15H15Cl2N3O. The number of amides is 1. The lowest BCUT2D eigenvalue weighted by Crippen LogP contribution is -2.17. The standard InChI is InChI=1S/C15H15Cl2N3O/c1-9-7-12(16)20-14(17)13(9)19-8-10-3-5-11(6-4-10)15(21)18-2/h3-7,19H,8H2,1-2H3,(H,18,21). The normalized spacial score (nSPS) is 10.3. The van der Waals surface area contributed by atoms with Gasteiger partial charge in [0.1, 0.15) is 5.15 Å². The van der Waals surface area contributed by atoms with E-state index in [0.717, 1.165) is 16.8 Å². The number of anilines is 1. The first kappa shape index (κ1) is 15.6. The van der Waals surface area contributed by atoms with E-state index >= 15 is 0 Å². The molecule has 0 bridgehead atoms. The smallest absolute Gasteiger partial charge is 0.251 e. The molecule has 1 heterocycles. The number of nitrogens with zero attached hydrogens (tertiary/aromatic N) is 1. The molecule has 2 N–H and O–H groups in total. The molecule has 0 saturated carbocycles. The number of hydrogen-bond donors (Lipinski definition) is 2. The van der Waals surface area contributed by atoms with E-state index in [1.165, 1.54) is 0 Å². The van der Waals surface area contributed by atoms with Gasteiger partial charge in [0.05, 0.1) is 5.69 Å². The third-order valence-corrected chi connectivity index (χ3v) is 3.52. The largest absolute Gasteiger partial charge is 0.378 e. The first-order valence-corrected chi connectivity index (χ1v) is 7.14. The summed E-state index contributed by atoms with van der Waals surface area (Å²) in [7, 11) is 1.61. The summed E-state index contributed by atoms with van der Waals surface area (Å²) in [6.45, 7) is 2.49. The van der Waals surface area contributed by atoms with Gasteiger partial charge in [0.25, 0.3) is 5.91 Å². The molecule has 0 aliphatic carbocycles. The number of benzene rings is 1. The van der Waals surface area contributed by atoms with Crippen molar-refractivity contribution in [3.05, 3.63) is 57.3 Å². The fraction of sp³-hybridized carbons (Fsp3) is 0.200. The SMILES string of the molecule is CNC(=O)c1ccc(CNc2c(C)cc(Cl)nc2Cl)cc1. The lowest BCUT2D eigenvalue weighted by Gasteiger charge is -2.11. The van der Waals surface area contributed by atoms with Gasteiger partial charge >= 0.3 is 0 Å². The topological polar surface area (TPSA) is 54.0 Å². The van der Waals surface area contributed by atoms with Gasteiger partial charge in [-0.1, -0.05) is 35.3 Å². The molecule has 1 amide bonds. The Balaban J connectivity index is 2.08. The molecule has 2 rings (SSSR count). The minimum atomic E-state index is -0.102. The average molecular weight is 324 g/mol. The zero-order valence-electron chi connectivity index (χ0n) is 11.7. The third kappa shape index (κ3) is 3.86. The fourth-order valence-corrected chi connectivity index (χ4v) is 2.51. The van der Waals surface area contributed by atoms with E-state index in [4.69, 9.17) is 23.2 Å². The van der Waals surface area contributed by atoms with Crippen LogP contribution in [0.1, 0.15) is 21.5 Å². The maximum atomic E-state index is 11.5. The van der Waals surface area contributed by atoms with Crippen molar-refractivity contribution in [2.75, 3.05) is 12.4 Å². The molecule has 0 spiro atoms. The number of aryl methyl sites for hydroxylation is 1. The molecule has 6 heteroatoms. The van der Waals surface area contributed by atoms with Gasteiger partial charge in [0.15, 0.2) is 5.15 Å². The molecule has 0 aliphatic heterocycles. The first-order chi connectivity index (χ1) is 10.0. The summed E-state index contributed by atoms with van der Waals surface area (Å²) in [5, 5.41) is 6.54. The van der Waals surface area contributed by atoms with E-state index in [1.807, 2.05) is 19.1 Å². The first-order valence-electron chi connectivity index (χ1n) is 6.39. The Labute approximate surface area is 133 Å². The number of aromatic nitrogens is 1. The van der Waals surface area contributed by atoms with Gasteiger partial charge in [-0.15, -0.1) is 0 Å². The number of carbonyl (C=O) groups excluding carboxylic acids is 1. The Bertz CT molecular complexity index is 633. The molecule has 110 valence electrons. The van der Waals surface area contributed by atoms with Crippen molar-refractivity contribution in [3.63, 3.8) is 0 Å². The van der Waals surface area contributed by atoms with Gasteiger partial charge in [-0.3, -0.25) is 4.79 Å². The summed E-state index contributed by atoms with van der Waals surface area (Å²) in [5.74, 6) is -0.102. The van der Waals surface area contributed by atoms with E-state index < -0.39 is 0 Å². The number of carbonyl (C=O) groups is 1. The Morgan fingerprint density at radius 3 is 2.48 bits per heavy atom. The number of hydrogen-bond acceptors (Lipinski definition) is 3. The zero-order chi connectivity index (χ0) is 15.4. The second-order valence-electron chi connectivity index (χ2n) is 4.56. The second kappa shape index (κ2) is 6.78. The van der Waals surface area contributed by atoms with Gasteiger partial charge < -0.3 is 10.6 Å². The van der Waals surface area contributed by atoms with Crippen LogP contribution in [0.4, 0.5) is 5.69 Å². The minimum Gasteiger partial charge on any atom is -0.378 e. The lowest BCUT2D eigenvalue weighted by molar-refractivity contribution is 0.0963. The van der Waals surface area contributed by atoms with Crippen LogP contribution < -0.4 is 10.6 Å². The molecule has 0 fully saturated rings. The molecule has 2 aromatic rings. The van der Waals surface area contributed by atoms with Crippen LogP contribution >= 0.6 is 23.2 Å². The highest BCUT2D eigenvalue weighted by molar-refractivity contribution is 6.34. The van der Waals surface area contributed by atoms with E-state index in [1.54, 1.807) is 25.2 Å². The van der Waals surface area contributed by atoms with E-state index in [-0.39, 0.29) is 5.91 Å². The maximum absolute atomic E-state index is 11.5. The van der Waals surface area contributed by atoms with Crippen LogP contribution in [0.15, 0.2) is 30.3 Å². The second-order valence-corrected chi connectivity index (χ2v) is 5.30. The van der Waals surface area contributed by atoms with E-state index in [0.29, 0.717) is 22.4 Å². The number of halogens is 2. The summed E-state index contributed by atoms with van der Waals surface area (Å²) in [6.07, 6.45) is 0. The molecule has 0 aliphatic rings. The van der Waals surface area contributed by atoms with Gasteiger partial charge in [-0.25, -0.2) is 4.98 Å². The van der Waals surface area contributed by atoms with Gasteiger partial charge in [0.2, 0.25) is 0 Å². The Hall–Kier alpha value is -1.78. The quantitative estimate of drug-likeness (QED) is 0.844. The van der Waals surface area contributed by atoms with Crippen molar-refractivity contribution in [2.24, 2.45) is 0 Å². The predicted octanol–water partition coefficient (Wildman–Crippen LogP) is 3.67. The highest BCUT2D eigenvalue weighted by Crippen LogP contribution is 2.26. The van der Waals surface area contributed by atoms with Crippen LogP contribution in [0.25, 0.3) is 0 Å². The summed E-state index contributed by atoms with van der Waals surface area (Å²) in [4.78, 5) is 15.5. The molecule has 1 aromatic carbocycles. The Morgan fingerprint density at radius 2 is 1.90 bits per heavy atom. The Morgan fingerprint density at radius 1 is 1.24 bits per heavy atom. The molecule has 1 aromatic heterocycles. The molecule has 0 atom stereocenters. The molecule has 0 saturated heterocycles. The highest BCUT2D eigenvalue weighted by Gasteiger charge is 2.08. The average Bonchev–Trinajstić information content (AvgIpc) is 2.46. The van der Waals surface area contributed by atoms with Crippen LogP contribution in [-0.2, 0) is 6.54 Å². The number of rotatable bonds is 4. The molecule has 0 unspecified atom stereocenters. The van der Waals surface area contributed by atoms with Crippen molar-refractivity contribution in [2.45, 2.75) is 13.5 Å². The summed E-state index contributed by atoms with van der Waals surface area (Å²) in [6, 6.07) is 9.10. The fourth-order valence-electron chi connectivity index (χ4n) is 1.92. The molecular weight excluding hydrogens is 309 g/mol. The van der Waals surface area contributed by atoms with E-state index in [9.17, 15) is 4.79 Å². The van der Waals surface area contributed by atoms with Crippen molar-refractivity contribution >= 4 is 34.8 Å². The maximum Gasteiger partial charge on any atom is 0.251 e. The summed E-state index contributed by atoms with van der Waals surface area (Å²) >= 11 is 11.9. The molecule has 21 heavy (non-hydrogen) atoms. The molecule has 4 nitrogen and oxygen atoms in total. The van der Waals surface area contributed by atoms with E-state index in [2.05, 4.69) is 15.6 Å². The van der Waals surface area contributed by atoms with Crippen molar-refractivity contribution < 1.29 is 4.79 Å². The highest BCUT2D eigenvalue weighted by atomic mass is 35.5. The van der Waals surface area contributed by atoms with Crippen molar-refractivity contribution in [3.8, 4) is 0 Å². The van der Waals surface area contributed by atoms with Gasteiger partial charge in [-0.2, -0.15) is 0 Å². The number of pyridine rings is 1. The lowest BCUT2D eigenvalue weighted by atomic mass is 10.1. The molecule has 0 radical (unpaired) electrons. The van der Waals surface area contributed by atoms with Gasteiger partial charge in [-0.05, 0) is 36.2 Å². The van der Waals surface area contributed by atoms with Crippen LogP contribution in [-0.4, -0.2) is 17.9 Å². The number of nitrogens with one attached hydrogen (secondary N) is 2. The summed E-state index contributed by atoms with van der Waals surface area (Å²) < 4.78 is 0. The monoisotopic (exact) mass is 323 g/mol. The summed E-state index contributed by atoms with van der Waals surface area (Å²) in [5.41, 5.74) is 3.36. The zero-order valence-corrected chi connectivity index (χ0v) is 13.2. The Kier molecular flexibility index (Phi) is 5.04. The van der Waals surface area contributed by atoms with Crippen molar-refractivity contribution in [1.29, 1.82) is 0 Å². The van der Waals surface area contributed by atoms with Crippen LogP contribution in [0, 0.1) is 6.92 Å². The van der Waals surface area contributed by atoms with Crippen LogP contribution in [0.2, 0.25) is 10.3 Å². The third-order valence-electron chi connectivity index (χ3n) is 3.05. The predicted molar refractivity (Wildman–Crippen MR) is 86.2 cm³/mol. The van der Waals surface area contributed by atoms with Gasteiger partial charge in [0, 0.05) is 19.2 Å². The van der Waals surface area contributed by atoms with Crippen LogP contribution in [0.3, 0.4) is 0 Å².